The lowest BCUT2D eigenvalue weighted by Gasteiger charge is -2.24. The van der Waals surface area contributed by atoms with E-state index in [0.29, 0.717) is 0 Å². The number of ether oxygens (including phenoxy) is 2. The molecule has 0 aliphatic carbocycles. The molecule has 1 amide bonds. The number of amides is 1. The Morgan fingerprint density at radius 2 is 1.90 bits per heavy atom. The van der Waals surface area contributed by atoms with E-state index in [1.807, 2.05) is 0 Å². The Bertz CT molecular complexity index is 535. The van der Waals surface area contributed by atoms with Crippen molar-refractivity contribution in [3.8, 4) is 11.5 Å². The van der Waals surface area contributed by atoms with Crippen LogP contribution in [0.4, 0.5) is 8.78 Å². The molecule has 6 nitrogen and oxygen atoms in total. The highest BCUT2D eigenvalue weighted by molar-refractivity contribution is 5.83. The molecule has 116 valence electrons. The maximum Gasteiger partial charge on any atom is 0.387 e. The van der Waals surface area contributed by atoms with Crippen molar-refractivity contribution < 1.29 is 33.0 Å². The minimum absolute atomic E-state index is 0.0358. The van der Waals surface area contributed by atoms with E-state index in [9.17, 15) is 23.5 Å². The SMILES string of the molecule is COc1ccc(C(C(=O)O)N(C)C(C)=O)cc1OC(F)F. The molecule has 0 spiro atoms. The summed E-state index contributed by atoms with van der Waals surface area (Å²) in [5.41, 5.74) is 0.122. The van der Waals surface area contributed by atoms with E-state index in [-0.39, 0.29) is 17.1 Å². The van der Waals surface area contributed by atoms with Crippen molar-refractivity contribution in [2.45, 2.75) is 19.6 Å². The molecule has 0 aliphatic heterocycles. The molecule has 8 heteroatoms. The maximum atomic E-state index is 12.4. The van der Waals surface area contributed by atoms with Gasteiger partial charge in [0.2, 0.25) is 5.91 Å². The second-order valence-electron chi connectivity index (χ2n) is 4.16. The molecule has 0 saturated carbocycles. The average molecular weight is 303 g/mol. The number of likely N-dealkylation sites (N-methyl/N-ethyl adjacent to an activating group) is 1. The number of methoxy groups -OCH3 is 1. The second kappa shape index (κ2) is 6.87. The van der Waals surface area contributed by atoms with Crippen LogP contribution in [0.3, 0.4) is 0 Å². The number of hydrogen-bond acceptors (Lipinski definition) is 4. The lowest BCUT2D eigenvalue weighted by Crippen LogP contribution is -2.34. The summed E-state index contributed by atoms with van der Waals surface area (Å²) in [6, 6.07) is 2.48. The van der Waals surface area contributed by atoms with Crippen molar-refractivity contribution in [2.75, 3.05) is 14.2 Å². The molecule has 0 saturated heterocycles. The lowest BCUT2D eigenvalue weighted by molar-refractivity contribution is -0.148. The largest absolute Gasteiger partial charge is 0.493 e. The summed E-state index contributed by atoms with van der Waals surface area (Å²) < 4.78 is 33.9. The molecule has 1 rings (SSSR count). The van der Waals surface area contributed by atoms with Crippen LogP contribution >= 0.6 is 0 Å². The number of halogens is 2. The molecule has 1 aromatic rings. The van der Waals surface area contributed by atoms with Gasteiger partial charge in [0.05, 0.1) is 7.11 Å². The first-order valence-corrected chi connectivity index (χ1v) is 5.86. The standard InChI is InChI=1S/C13H15F2NO5/c1-7(17)16(2)11(12(18)19)8-4-5-9(20-3)10(6-8)21-13(14)15/h4-6,11,13H,1-3H3,(H,18,19). The van der Waals surface area contributed by atoms with E-state index in [1.165, 1.54) is 33.2 Å². The fraction of sp³-hybridized carbons (Fsp3) is 0.385. The van der Waals surface area contributed by atoms with Gasteiger partial charge in [-0.15, -0.1) is 0 Å². The molecule has 1 aromatic carbocycles. The molecule has 0 heterocycles. The Morgan fingerprint density at radius 3 is 2.33 bits per heavy atom. The molecular formula is C13H15F2NO5. The fourth-order valence-corrected chi connectivity index (χ4v) is 1.77. The topological polar surface area (TPSA) is 76.1 Å². The van der Waals surface area contributed by atoms with E-state index in [4.69, 9.17) is 4.74 Å². The van der Waals surface area contributed by atoms with Gasteiger partial charge in [-0.1, -0.05) is 6.07 Å². The maximum absolute atomic E-state index is 12.4. The molecule has 1 N–H and O–H groups in total. The van der Waals surface area contributed by atoms with E-state index < -0.39 is 24.5 Å². The van der Waals surface area contributed by atoms with Gasteiger partial charge in [-0.05, 0) is 17.7 Å². The Labute approximate surface area is 119 Å². The highest BCUT2D eigenvalue weighted by Gasteiger charge is 2.28. The minimum Gasteiger partial charge on any atom is -0.493 e. The van der Waals surface area contributed by atoms with Crippen molar-refractivity contribution in [1.82, 2.24) is 4.90 Å². The first-order chi connectivity index (χ1) is 9.77. The molecular weight excluding hydrogens is 288 g/mol. The quantitative estimate of drug-likeness (QED) is 0.868. The third-order valence-corrected chi connectivity index (χ3v) is 2.84. The van der Waals surface area contributed by atoms with Crippen LogP contribution in [0.1, 0.15) is 18.5 Å². The van der Waals surface area contributed by atoms with Crippen molar-refractivity contribution in [1.29, 1.82) is 0 Å². The number of carboxylic acids is 1. The fourth-order valence-electron chi connectivity index (χ4n) is 1.77. The van der Waals surface area contributed by atoms with E-state index in [2.05, 4.69) is 4.74 Å². The monoisotopic (exact) mass is 303 g/mol. The number of alkyl halides is 2. The zero-order chi connectivity index (χ0) is 16.2. The number of benzene rings is 1. The molecule has 0 fully saturated rings. The van der Waals surface area contributed by atoms with Crippen LogP contribution in [0.5, 0.6) is 11.5 Å². The summed E-state index contributed by atoms with van der Waals surface area (Å²) in [6.07, 6.45) is 0. The number of rotatable bonds is 6. The number of carboxylic acid groups (broad SMARTS) is 1. The van der Waals surface area contributed by atoms with Gasteiger partial charge in [-0.25, -0.2) is 4.79 Å². The zero-order valence-electron chi connectivity index (χ0n) is 11.7. The first-order valence-electron chi connectivity index (χ1n) is 5.86. The molecule has 0 aromatic heterocycles. The number of nitrogens with zero attached hydrogens (tertiary/aromatic N) is 1. The average Bonchev–Trinajstić information content (AvgIpc) is 2.37. The van der Waals surface area contributed by atoms with Gasteiger partial charge in [-0.2, -0.15) is 8.78 Å². The Morgan fingerprint density at radius 1 is 1.29 bits per heavy atom. The number of carbonyl (C=O) groups excluding carboxylic acids is 1. The predicted octanol–water partition coefficient (Wildman–Crippen LogP) is 1.90. The molecule has 0 aliphatic rings. The number of hydrogen-bond donors (Lipinski definition) is 1. The van der Waals surface area contributed by atoms with Gasteiger partial charge in [0.15, 0.2) is 17.5 Å². The molecule has 0 radical (unpaired) electrons. The van der Waals surface area contributed by atoms with Gasteiger partial charge in [0.1, 0.15) is 0 Å². The number of aliphatic carboxylic acids is 1. The van der Waals surface area contributed by atoms with Crippen molar-refractivity contribution >= 4 is 11.9 Å². The third-order valence-electron chi connectivity index (χ3n) is 2.84. The van der Waals surface area contributed by atoms with Crippen LogP contribution in [0.2, 0.25) is 0 Å². The van der Waals surface area contributed by atoms with E-state index in [1.54, 1.807) is 0 Å². The highest BCUT2D eigenvalue weighted by atomic mass is 19.3. The van der Waals surface area contributed by atoms with E-state index >= 15 is 0 Å². The van der Waals surface area contributed by atoms with Crippen LogP contribution in [0, 0.1) is 0 Å². The van der Waals surface area contributed by atoms with Crippen LogP contribution in [0.15, 0.2) is 18.2 Å². The smallest absolute Gasteiger partial charge is 0.387 e. The Hall–Kier alpha value is -2.38. The van der Waals surface area contributed by atoms with Gasteiger partial charge >= 0.3 is 12.6 Å². The summed E-state index contributed by atoms with van der Waals surface area (Å²) in [6.45, 7) is -1.88. The van der Waals surface area contributed by atoms with Crippen molar-refractivity contribution in [2.24, 2.45) is 0 Å². The summed E-state index contributed by atoms with van der Waals surface area (Å²) in [5.74, 6) is -2.03. The van der Waals surface area contributed by atoms with Crippen LogP contribution in [0.25, 0.3) is 0 Å². The van der Waals surface area contributed by atoms with Crippen LogP contribution in [-0.2, 0) is 9.59 Å². The molecule has 0 bridgehead atoms. The summed E-state index contributed by atoms with van der Waals surface area (Å²) in [4.78, 5) is 23.6. The summed E-state index contributed by atoms with van der Waals surface area (Å²) in [5, 5.41) is 9.23. The highest BCUT2D eigenvalue weighted by Crippen LogP contribution is 2.33. The van der Waals surface area contributed by atoms with Gasteiger partial charge < -0.3 is 19.5 Å². The molecule has 1 unspecified atom stereocenters. The van der Waals surface area contributed by atoms with Gasteiger partial charge in [0, 0.05) is 14.0 Å². The predicted molar refractivity (Wildman–Crippen MR) is 68.4 cm³/mol. The second-order valence-corrected chi connectivity index (χ2v) is 4.16. The zero-order valence-corrected chi connectivity index (χ0v) is 11.7. The number of carbonyl (C=O) groups is 2. The Balaban J connectivity index is 3.26. The van der Waals surface area contributed by atoms with E-state index in [0.717, 1.165) is 11.0 Å². The van der Waals surface area contributed by atoms with Crippen LogP contribution in [-0.4, -0.2) is 42.7 Å². The van der Waals surface area contributed by atoms with Crippen molar-refractivity contribution in [3.05, 3.63) is 23.8 Å². The van der Waals surface area contributed by atoms with Crippen LogP contribution < -0.4 is 9.47 Å². The van der Waals surface area contributed by atoms with Gasteiger partial charge in [-0.3, -0.25) is 4.79 Å². The molecule has 1 atom stereocenters. The van der Waals surface area contributed by atoms with Crippen molar-refractivity contribution in [3.63, 3.8) is 0 Å². The lowest BCUT2D eigenvalue weighted by atomic mass is 10.0. The Kier molecular flexibility index (Phi) is 5.45. The van der Waals surface area contributed by atoms with Gasteiger partial charge in [0.25, 0.3) is 0 Å². The normalized spacial score (nSPS) is 11.9. The summed E-state index contributed by atoms with van der Waals surface area (Å²) >= 11 is 0. The minimum atomic E-state index is -3.08. The third kappa shape index (κ3) is 4.04. The molecule has 21 heavy (non-hydrogen) atoms. The summed E-state index contributed by atoms with van der Waals surface area (Å²) in [7, 11) is 2.57. The first kappa shape index (κ1) is 16.7.